The van der Waals surface area contributed by atoms with Crippen LogP contribution in [-0.2, 0) is 16.0 Å². The van der Waals surface area contributed by atoms with Crippen molar-refractivity contribution in [1.29, 1.82) is 0 Å². The predicted octanol–water partition coefficient (Wildman–Crippen LogP) is 3.12. The fourth-order valence-electron chi connectivity index (χ4n) is 2.37. The van der Waals surface area contributed by atoms with Crippen LogP contribution in [0.2, 0.25) is 10.0 Å². The number of hydrogen-bond donors (Lipinski definition) is 0. The van der Waals surface area contributed by atoms with Crippen LogP contribution < -0.4 is 0 Å². The molecule has 1 saturated heterocycles. The van der Waals surface area contributed by atoms with E-state index in [4.69, 9.17) is 23.2 Å². The summed E-state index contributed by atoms with van der Waals surface area (Å²) in [6.45, 7) is 2.16. The molecule has 0 bridgehead atoms. The number of ketones is 1. The van der Waals surface area contributed by atoms with Gasteiger partial charge in [0.2, 0.25) is 5.91 Å². The summed E-state index contributed by atoms with van der Waals surface area (Å²) in [6, 6.07) is 4.78. The second-order valence-corrected chi connectivity index (χ2v) is 5.60. The molecular weight excluding hydrogens is 285 g/mol. The summed E-state index contributed by atoms with van der Waals surface area (Å²) in [5, 5.41) is 1.09. The molecule has 0 radical (unpaired) electrons. The lowest BCUT2D eigenvalue weighted by atomic mass is 10.0. The lowest BCUT2D eigenvalue weighted by Crippen LogP contribution is -2.42. The van der Waals surface area contributed by atoms with E-state index in [-0.39, 0.29) is 11.7 Å². The molecule has 0 saturated carbocycles. The number of amides is 1. The molecule has 2 rings (SSSR count). The molecule has 1 aliphatic heterocycles. The highest BCUT2D eigenvalue weighted by Gasteiger charge is 2.31. The molecule has 19 heavy (non-hydrogen) atoms. The zero-order valence-electron chi connectivity index (χ0n) is 10.7. The molecule has 1 atom stereocenters. The lowest BCUT2D eigenvalue weighted by molar-refractivity contribution is -0.135. The van der Waals surface area contributed by atoms with E-state index in [1.165, 1.54) is 6.92 Å². The molecule has 1 amide bonds. The Labute approximate surface area is 122 Å². The largest absolute Gasteiger partial charge is 0.332 e. The Kier molecular flexibility index (Phi) is 4.48. The standard InChI is InChI=1S/C14H15Cl2NO2/c1-9(18)13(17-6-2-3-14(17)19)7-10-4-5-11(15)8-12(10)16/h4-5,8,13H,2-3,6-7H2,1H3/t13-/m1/s1. The van der Waals surface area contributed by atoms with Gasteiger partial charge in [0.25, 0.3) is 0 Å². The van der Waals surface area contributed by atoms with Gasteiger partial charge in [0.15, 0.2) is 5.78 Å². The Bertz CT molecular complexity index is 516. The first-order chi connectivity index (χ1) is 8.99. The average molecular weight is 300 g/mol. The van der Waals surface area contributed by atoms with Gasteiger partial charge >= 0.3 is 0 Å². The quantitative estimate of drug-likeness (QED) is 0.857. The Morgan fingerprint density at radius 1 is 1.42 bits per heavy atom. The monoisotopic (exact) mass is 299 g/mol. The van der Waals surface area contributed by atoms with Gasteiger partial charge in [0.05, 0.1) is 6.04 Å². The van der Waals surface area contributed by atoms with E-state index in [1.807, 2.05) is 0 Å². The number of halogens is 2. The zero-order chi connectivity index (χ0) is 14.0. The van der Waals surface area contributed by atoms with Gasteiger partial charge < -0.3 is 4.90 Å². The third-order valence-corrected chi connectivity index (χ3v) is 3.97. The summed E-state index contributed by atoms with van der Waals surface area (Å²) in [6.07, 6.45) is 1.78. The molecule has 1 aliphatic rings. The summed E-state index contributed by atoms with van der Waals surface area (Å²) in [5.74, 6) is 0.0338. The maximum atomic E-state index is 11.8. The summed E-state index contributed by atoms with van der Waals surface area (Å²) in [5.41, 5.74) is 0.839. The van der Waals surface area contributed by atoms with E-state index in [1.54, 1.807) is 23.1 Å². The van der Waals surface area contributed by atoms with Crippen LogP contribution >= 0.6 is 23.2 Å². The Morgan fingerprint density at radius 2 is 2.16 bits per heavy atom. The van der Waals surface area contributed by atoms with Crippen LogP contribution in [0.1, 0.15) is 25.3 Å². The van der Waals surface area contributed by atoms with Crippen LogP contribution in [0.25, 0.3) is 0 Å². The normalized spacial score (nSPS) is 16.8. The van der Waals surface area contributed by atoms with E-state index in [2.05, 4.69) is 0 Å². The van der Waals surface area contributed by atoms with E-state index in [9.17, 15) is 9.59 Å². The maximum absolute atomic E-state index is 11.8. The van der Waals surface area contributed by atoms with Crippen molar-refractivity contribution in [3.8, 4) is 0 Å². The highest BCUT2D eigenvalue weighted by atomic mass is 35.5. The van der Waals surface area contributed by atoms with Crippen molar-refractivity contribution in [1.82, 2.24) is 4.90 Å². The molecule has 1 fully saturated rings. The van der Waals surface area contributed by atoms with Gasteiger partial charge in [-0.1, -0.05) is 29.3 Å². The molecule has 0 spiro atoms. The highest BCUT2D eigenvalue weighted by molar-refractivity contribution is 6.35. The summed E-state index contributed by atoms with van der Waals surface area (Å²) in [4.78, 5) is 25.2. The third-order valence-electron chi connectivity index (χ3n) is 3.38. The highest BCUT2D eigenvalue weighted by Crippen LogP contribution is 2.25. The summed E-state index contributed by atoms with van der Waals surface area (Å²) in [7, 11) is 0. The fourth-order valence-corrected chi connectivity index (χ4v) is 2.85. The average Bonchev–Trinajstić information content (AvgIpc) is 2.74. The van der Waals surface area contributed by atoms with Crippen LogP contribution in [0.4, 0.5) is 0 Å². The van der Waals surface area contributed by atoms with Gasteiger partial charge in [-0.25, -0.2) is 0 Å². The first-order valence-electron chi connectivity index (χ1n) is 6.23. The van der Waals surface area contributed by atoms with Crippen LogP contribution in [0.15, 0.2) is 18.2 Å². The first-order valence-corrected chi connectivity index (χ1v) is 6.98. The van der Waals surface area contributed by atoms with Crippen molar-refractivity contribution in [3.05, 3.63) is 33.8 Å². The Balaban J connectivity index is 2.21. The van der Waals surface area contributed by atoms with Gasteiger partial charge in [-0.2, -0.15) is 0 Å². The molecular formula is C14H15Cl2NO2. The van der Waals surface area contributed by atoms with Gasteiger partial charge in [-0.05, 0) is 31.0 Å². The number of carbonyl (C=O) groups is 2. The Hall–Kier alpha value is -1.06. The third kappa shape index (κ3) is 3.28. The maximum Gasteiger partial charge on any atom is 0.223 e. The number of carbonyl (C=O) groups excluding carboxylic acids is 2. The van der Waals surface area contributed by atoms with Gasteiger partial charge in [-0.3, -0.25) is 9.59 Å². The molecule has 5 heteroatoms. The lowest BCUT2D eigenvalue weighted by Gasteiger charge is -2.26. The molecule has 1 heterocycles. The van der Waals surface area contributed by atoms with E-state index in [0.717, 1.165) is 12.0 Å². The van der Waals surface area contributed by atoms with Crippen LogP contribution in [0, 0.1) is 0 Å². The number of nitrogens with zero attached hydrogens (tertiary/aromatic N) is 1. The minimum Gasteiger partial charge on any atom is -0.332 e. The molecule has 0 N–H and O–H groups in total. The summed E-state index contributed by atoms with van der Waals surface area (Å²) < 4.78 is 0. The SMILES string of the molecule is CC(=O)[C@@H](Cc1ccc(Cl)cc1Cl)N1CCCC1=O. The number of benzene rings is 1. The molecule has 1 aromatic rings. The minimum absolute atomic E-state index is 0.0127. The van der Waals surface area contributed by atoms with Crippen LogP contribution in [0.5, 0.6) is 0 Å². The molecule has 0 aliphatic carbocycles. The zero-order valence-corrected chi connectivity index (χ0v) is 12.2. The van der Waals surface area contributed by atoms with Crippen LogP contribution in [-0.4, -0.2) is 29.2 Å². The molecule has 3 nitrogen and oxygen atoms in total. The minimum atomic E-state index is -0.423. The molecule has 102 valence electrons. The van der Waals surface area contributed by atoms with Crippen molar-refractivity contribution in [3.63, 3.8) is 0 Å². The molecule has 1 aromatic carbocycles. The van der Waals surface area contributed by atoms with Crippen molar-refractivity contribution in [2.75, 3.05) is 6.54 Å². The van der Waals surface area contributed by atoms with Crippen molar-refractivity contribution in [2.45, 2.75) is 32.2 Å². The van der Waals surface area contributed by atoms with E-state index < -0.39 is 6.04 Å². The fraction of sp³-hybridized carbons (Fsp3) is 0.429. The topological polar surface area (TPSA) is 37.4 Å². The van der Waals surface area contributed by atoms with Crippen molar-refractivity contribution >= 4 is 34.9 Å². The van der Waals surface area contributed by atoms with Crippen LogP contribution in [0.3, 0.4) is 0 Å². The molecule has 0 unspecified atom stereocenters. The first kappa shape index (κ1) is 14.4. The summed E-state index contributed by atoms with van der Waals surface area (Å²) >= 11 is 12.0. The second kappa shape index (κ2) is 5.93. The van der Waals surface area contributed by atoms with E-state index in [0.29, 0.717) is 29.4 Å². The number of likely N-dealkylation sites (tertiary alicyclic amines) is 1. The molecule has 0 aromatic heterocycles. The second-order valence-electron chi connectivity index (χ2n) is 4.76. The number of rotatable bonds is 4. The number of Topliss-reactive ketones (excluding diaryl/α,β-unsaturated/α-hetero) is 1. The van der Waals surface area contributed by atoms with Crippen molar-refractivity contribution < 1.29 is 9.59 Å². The van der Waals surface area contributed by atoms with Crippen molar-refractivity contribution in [2.24, 2.45) is 0 Å². The Morgan fingerprint density at radius 3 is 2.68 bits per heavy atom. The number of hydrogen-bond acceptors (Lipinski definition) is 2. The smallest absolute Gasteiger partial charge is 0.223 e. The van der Waals surface area contributed by atoms with Gasteiger partial charge in [-0.15, -0.1) is 0 Å². The predicted molar refractivity (Wildman–Crippen MR) is 75.6 cm³/mol. The van der Waals surface area contributed by atoms with Gasteiger partial charge in [0, 0.05) is 29.4 Å². The van der Waals surface area contributed by atoms with E-state index >= 15 is 0 Å². The van der Waals surface area contributed by atoms with Gasteiger partial charge in [0.1, 0.15) is 0 Å².